The van der Waals surface area contributed by atoms with E-state index in [1.165, 1.54) is 0 Å². The molecule has 0 rings (SSSR count). The third kappa shape index (κ3) is 7.94. The van der Waals surface area contributed by atoms with Crippen molar-refractivity contribution in [3.8, 4) is 0 Å². The first kappa shape index (κ1) is 11.8. The van der Waals surface area contributed by atoms with Gasteiger partial charge in [-0.05, 0) is 21.1 Å². The van der Waals surface area contributed by atoms with Gasteiger partial charge in [-0.2, -0.15) is 0 Å². The highest BCUT2D eigenvalue weighted by Crippen LogP contribution is 1.75. The quantitative estimate of drug-likeness (QED) is 0.495. The largest absolute Gasteiger partial charge is 0.318 e. The number of likely N-dealkylation sites (N-methyl/N-ethyl adjacent to an activating group) is 3. The highest BCUT2D eigenvalue weighted by molar-refractivity contribution is 4.50. The predicted octanol–water partition coefficient (Wildman–Crippen LogP) is -0.796. The van der Waals surface area contributed by atoms with Crippen molar-refractivity contribution in [2.45, 2.75) is 0 Å². The molecule has 0 aromatic rings. The second kappa shape index (κ2) is 7.49. The minimum absolute atomic E-state index is 1.01. The van der Waals surface area contributed by atoms with E-state index in [1.807, 2.05) is 7.05 Å². The lowest BCUT2D eigenvalue weighted by atomic mass is 10.6. The fraction of sp³-hybridized carbons (Fsp3) is 1.00. The maximum Gasteiger partial charge on any atom is 0.0253 e. The Labute approximate surface area is 75.9 Å². The SMILES string of the molecule is CNCCN(C)NCCN(C)C. The lowest BCUT2D eigenvalue weighted by molar-refractivity contribution is 0.224. The van der Waals surface area contributed by atoms with E-state index >= 15 is 0 Å². The normalized spacial score (nSPS) is 11.5. The predicted molar refractivity (Wildman–Crippen MR) is 53.1 cm³/mol. The fourth-order valence-electron chi connectivity index (χ4n) is 0.823. The molecule has 0 unspecified atom stereocenters. The van der Waals surface area contributed by atoms with Gasteiger partial charge in [-0.15, -0.1) is 0 Å². The maximum absolute atomic E-state index is 3.30. The number of hydrogen-bond acceptors (Lipinski definition) is 4. The van der Waals surface area contributed by atoms with Gasteiger partial charge < -0.3 is 10.2 Å². The molecule has 0 saturated carbocycles. The van der Waals surface area contributed by atoms with Gasteiger partial charge in [0.25, 0.3) is 0 Å². The Kier molecular flexibility index (Phi) is 7.39. The average molecular weight is 174 g/mol. The molecule has 0 fully saturated rings. The minimum atomic E-state index is 1.01. The number of rotatable bonds is 7. The summed E-state index contributed by atoms with van der Waals surface area (Å²) in [5.41, 5.74) is 3.30. The van der Waals surface area contributed by atoms with Gasteiger partial charge in [0.1, 0.15) is 0 Å². The summed E-state index contributed by atoms with van der Waals surface area (Å²) >= 11 is 0. The van der Waals surface area contributed by atoms with Crippen molar-refractivity contribution in [3.05, 3.63) is 0 Å². The molecule has 0 saturated heterocycles. The Hall–Kier alpha value is -0.160. The van der Waals surface area contributed by atoms with Crippen molar-refractivity contribution in [1.82, 2.24) is 20.7 Å². The van der Waals surface area contributed by atoms with Gasteiger partial charge in [-0.3, -0.25) is 5.43 Å². The van der Waals surface area contributed by atoms with Gasteiger partial charge >= 0.3 is 0 Å². The molecule has 0 aliphatic carbocycles. The van der Waals surface area contributed by atoms with Crippen LogP contribution in [0.1, 0.15) is 0 Å². The van der Waals surface area contributed by atoms with Gasteiger partial charge in [0.2, 0.25) is 0 Å². The van der Waals surface area contributed by atoms with E-state index in [9.17, 15) is 0 Å². The van der Waals surface area contributed by atoms with E-state index in [0.29, 0.717) is 0 Å². The second-order valence-corrected chi connectivity index (χ2v) is 3.24. The summed E-state index contributed by atoms with van der Waals surface area (Å²) in [5, 5.41) is 5.22. The molecule has 0 radical (unpaired) electrons. The molecule has 12 heavy (non-hydrogen) atoms. The smallest absolute Gasteiger partial charge is 0.0253 e. The Balaban J connectivity index is 3.13. The summed E-state index contributed by atoms with van der Waals surface area (Å²) in [4.78, 5) is 2.17. The van der Waals surface area contributed by atoms with Crippen LogP contribution in [-0.2, 0) is 0 Å². The summed E-state index contributed by atoms with van der Waals surface area (Å²) in [6.07, 6.45) is 0. The number of hydrazine groups is 1. The van der Waals surface area contributed by atoms with Gasteiger partial charge in [0, 0.05) is 33.2 Å². The van der Waals surface area contributed by atoms with Crippen molar-refractivity contribution in [3.63, 3.8) is 0 Å². The lowest BCUT2D eigenvalue weighted by Gasteiger charge is -2.19. The molecule has 0 atom stereocenters. The van der Waals surface area contributed by atoms with Crippen LogP contribution in [-0.4, -0.2) is 64.3 Å². The molecule has 0 heterocycles. The van der Waals surface area contributed by atoms with E-state index in [2.05, 4.69) is 41.8 Å². The molecule has 0 aromatic heterocycles. The number of nitrogens with one attached hydrogen (secondary N) is 2. The highest BCUT2D eigenvalue weighted by atomic mass is 15.5. The molecular formula is C8H22N4. The van der Waals surface area contributed by atoms with Crippen LogP contribution in [0.25, 0.3) is 0 Å². The lowest BCUT2D eigenvalue weighted by Crippen LogP contribution is -2.41. The first-order chi connectivity index (χ1) is 5.66. The van der Waals surface area contributed by atoms with Crippen LogP contribution < -0.4 is 10.7 Å². The second-order valence-electron chi connectivity index (χ2n) is 3.24. The highest BCUT2D eigenvalue weighted by Gasteiger charge is 1.95. The molecule has 74 valence electrons. The molecule has 0 aliphatic heterocycles. The topological polar surface area (TPSA) is 30.5 Å². The fourth-order valence-corrected chi connectivity index (χ4v) is 0.823. The van der Waals surface area contributed by atoms with Crippen LogP contribution in [0.2, 0.25) is 0 Å². The van der Waals surface area contributed by atoms with Crippen LogP contribution >= 0.6 is 0 Å². The molecule has 2 N–H and O–H groups in total. The summed E-state index contributed by atoms with van der Waals surface area (Å²) in [6.45, 7) is 4.13. The van der Waals surface area contributed by atoms with Crippen molar-refractivity contribution in [2.75, 3.05) is 54.4 Å². The van der Waals surface area contributed by atoms with E-state index in [0.717, 1.165) is 26.2 Å². The third-order valence-corrected chi connectivity index (χ3v) is 1.64. The Morgan fingerprint density at radius 2 is 1.67 bits per heavy atom. The van der Waals surface area contributed by atoms with Gasteiger partial charge in [-0.1, -0.05) is 0 Å². The summed E-state index contributed by atoms with van der Waals surface area (Å²) in [7, 11) is 8.19. The molecule has 4 nitrogen and oxygen atoms in total. The third-order valence-electron chi connectivity index (χ3n) is 1.64. The van der Waals surface area contributed by atoms with Crippen LogP contribution in [0, 0.1) is 0 Å². The molecule has 0 spiro atoms. The summed E-state index contributed by atoms with van der Waals surface area (Å²) in [5.74, 6) is 0. The van der Waals surface area contributed by atoms with Crippen molar-refractivity contribution in [1.29, 1.82) is 0 Å². The number of nitrogens with zero attached hydrogens (tertiary/aromatic N) is 2. The van der Waals surface area contributed by atoms with Crippen LogP contribution in [0.4, 0.5) is 0 Å². The van der Waals surface area contributed by atoms with Crippen molar-refractivity contribution >= 4 is 0 Å². The zero-order valence-electron chi connectivity index (χ0n) is 8.72. The molecular weight excluding hydrogens is 152 g/mol. The van der Waals surface area contributed by atoms with E-state index < -0.39 is 0 Å². The first-order valence-electron chi connectivity index (χ1n) is 4.40. The zero-order valence-corrected chi connectivity index (χ0v) is 8.72. The Morgan fingerprint density at radius 1 is 1.00 bits per heavy atom. The Bertz CT molecular complexity index is 95.1. The van der Waals surface area contributed by atoms with Crippen LogP contribution in [0.3, 0.4) is 0 Å². The number of hydrogen-bond donors (Lipinski definition) is 2. The van der Waals surface area contributed by atoms with Crippen LogP contribution in [0.15, 0.2) is 0 Å². The Morgan fingerprint density at radius 3 is 2.17 bits per heavy atom. The zero-order chi connectivity index (χ0) is 9.40. The molecule has 0 bridgehead atoms. The van der Waals surface area contributed by atoms with E-state index in [1.54, 1.807) is 0 Å². The monoisotopic (exact) mass is 174 g/mol. The van der Waals surface area contributed by atoms with Crippen molar-refractivity contribution < 1.29 is 0 Å². The van der Waals surface area contributed by atoms with E-state index in [4.69, 9.17) is 0 Å². The van der Waals surface area contributed by atoms with Gasteiger partial charge in [-0.25, -0.2) is 5.01 Å². The van der Waals surface area contributed by atoms with E-state index in [-0.39, 0.29) is 0 Å². The molecule has 0 aromatic carbocycles. The summed E-state index contributed by atoms with van der Waals surface area (Å²) in [6, 6.07) is 0. The molecule has 4 heteroatoms. The van der Waals surface area contributed by atoms with Gasteiger partial charge in [0.15, 0.2) is 0 Å². The maximum atomic E-state index is 3.30. The average Bonchev–Trinajstić information content (AvgIpc) is 2.00. The molecule has 0 aliphatic rings. The minimum Gasteiger partial charge on any atom is -0.318 e. The van der Waals surface area contributed by atoms with Crippen LogP contribution in [0.5, 0.6) is 0 Å². The standard InChI is InChI=1S/C8H22N4/c1-9-5-8-12(4)10-6-7-11(2)3/h9-10H,5-8H2,1-4H3. The van der Waals surface area contributed by atoms with Crippen molar-refractivity contribution in [2.24, 2.45) is 0 Å². The van der Waals surface area contributed by atoms with Gasteiger partial charge in [0.05, 0.1) is 0 Å². The summed E-state index contributed by atoms with van der Waals surface area (Å²) < 4.78 is 0. The molecule has 0 amide bonds. The first-order valence-corrected chi connectivity index (χ1v) is 4.40.